The van der Waals surface area contributed by atoms with Gasteiger partial charge in [-0.15, -0.1) is 0 Å². The zero-order chi connectivity index (χ0) is 13.7. The predicted octanol–water partition coefficient (Wildman–Crippen LogP) is 4.11. The largest absolute Gasteiger partial charge is 0.489 e. The van der Waals surface area contributed by atoms with E-state index in [1.807, 2.05) is 7.05 Å². The predicted molar refractivity (Wildman–Crippen MR) is 80.9 cm³/mol. The third kappa shape index (κ3) is 3.97. The zero-order valence-corrected chi connectivity index (χ0v) is 12.5. The maximum absolute atomic E-state index is 6.21. The molecule has 1 fully saturated rings. The Hall–Kier alpha value is -1.02. The van der Waals surface area contributed by atoms with Crippen LogP contribution in [0.4, 0.5) is 0 Å². The van der Waals surface area contributed by atoms with Gasteiger partial charge in [0.15, 0.2) is 0 Å². The summed E-state index contributed by atoms with van der Waals surface area (Å²) < 4.78 is 6.21. The van der Waals surface area contributed by atoms with Crippen LogP contribution < -0.4 is 10.1 Å². The minimum absolute atomic E-state index is 0.317. The molecule has 0 saturated heterocycles. The van der Waals surface area contributed by atoms with Crippen molar-refractivity contribution in [2.24, 2.45) is 0 Å². The molecule has 2 atom stereocenters. The van der Waals surface area contributed by atoms with Crippen LogP contribution in [0.25, 0.3) is 0 Å². The van der Waals surface area contributed by atoms with Crippen LogP contribution in [0.15, 0.2) is 24.3 Å². The van der Waals surface area contributed by atoms with Crippen molar-refractivity contribution in [3.63, 3.8) is 0 Å². The zero-order valence-electron chi connectivity index (χ0n) is 12.5. The van der Waals surface area contributed by atoms with E-state index in [0.717, 1.165) is 12.2 Å². The van der Waals surface area contributed by atoms with E-state index in [1.165, 1.54) is 31.2 Å². The Morgan fingerprint density at radius 1 is 1.05 bits per heavy atom. The summed E-state index contributed by atoms with van der Waals surface area (Å²) in [4.78, 5) is 0. The van der Waals surface area contributed by atoms with Gasteiger partial charge in [0, 0.05) is 6.04 Å². The minimum Gasteiger partial charge on any atom is -0.489 e. The monoisotopic (exact) mass is 261 g/mol. The quantitative estimate of drug-likeness (QED) is 0.824. The minimum atomic E-state index is 0.317. The average molecular weight is 261 g/mol. The second kappa shape index (κ2) is 6.95. The molecule has 2 unspecified atom stereocenters. The first-order valence-corrected chi connectivity index (χ1v) is 7.64. The normalized spacial score (nSPS) is 24.2. The van der Waals surface area contributed by atoms with Gasteiger partial charge in [-0.25, -0.2) is 0 Å². The second-order valence-electron chi connectivity index (χ2n) is 5.91. The van der Waals surface area contributed by atoms with Crippen LogP contribution in [0.5, 0.6) is 5.75 Å². The molecule has 106 valence electrons. The lowest BCUT2D eigenvalue weighted by Crippen LogP contribution is -2.40. The topological polar surface area (TPSA) is 21.3 Å². The summed E-state index contributed by atoms with van der Waals surface area (Å²) in [5.41, 5.74) is 1.37. The molecule has 0 radical (unpaired) electrons. The van der Waals surface area contributed by atoms with Crippen LogP contribution in [-0.2, 0) is 0 Å². The molecule has 0 aliphatic heterocycles. The van der Waals surface area contributed by atoms with Gasteiger partial charge in [0.05, 0.1) is 0 Å². The highest BCUT2D eigenvalue weighted by Gasteiger charge is 2.23. The Morgan fingerprint density at radius 3 is 2.37 bits per heavy atom. The lowest BCUT2D eigenvalue weighted by Gasteiger charge is -2.26. The van der Waals surface area contributed by atoms with Crippen molar-refractivity contribution < 1.29 is 4.74 Å². The van der Waals surface area contributed by atoms with Crippen molar-refractivity contribution in [3.8, 4) is 5.75 Å². The summed E-state index contributed by atoms with van der Waals surface area (Å²) in [7, 11) is 2.05. The number of hydrogen-bond donors (Lipinski definition) is 1. The molecule has 2 nitrogen and oxygen atoms in total. The van der Waals surface area contributed by atoms with Gasteiger partial charge in [0.1, 0.15) is 11.9 Å². The van der Waals surface area contributed by atoms with Crippen LogP contribution >= 0.6 is 0 Å². The number of benzene rings is 1. The molecule has 1 saturated carbocycles. The van der Waals surface area contributed by atoms with E-state index >= 15 is 0 Å². The first kappa shape index (κ1) is 14.4. The molecule has 0 aromatic heterocycles. The Bertz CT molecular complexity index is 371. The van der Waals surface area contributed by atoms with Crippen LogP contribution in [0, 0.1) is 0 Å². The summed E-state index contributed by atoms with van der Waals surface area (Å²) in [5.74, 6) is 1.59. The molecule has 2 rings (SSSR count). The molecular weight excluding hydrogens is 234 g/mol. The third-order valence-electron chi connectivity index (χ3n) is 4.16. The number of nitrogens with one attached hydrogen (secondary N) is 1. The summed E-state index contributed by atoms with van der Waals surface area (Å²) in [6, 6.07) is 9.10. The molecule has 1 N–H and O–H groups in total. The SMILES string of the molecule is CNC1CCCCCC1Oc1ccc(C(C)C)cc1. The van der Waals surface area contributed by atoms with Crippen LogP contribution in [0.3, 0.4) is 0 Å². The molecule has 19 heavy (non-hydrogen) atoms. The molecule has 1 aromatic carbocycles. The fourth-order valence-corrected chi connectivity index (χ4v) is 2.85. The Labute approximate surface area is 117 Å². The number of rotatable bonds is 4. The first-order valence-electron chi connectivity index (χ1n) is 7.64. The molecule has 0 amide bonds. The van der Waals surface area contributed by atoms with Crippen molar-refractivity contribution in [1.29, 1.82) is 0 Å². The molecule has 1 aliphatic carbocycles. The fraction of sp³-hybridized carbons (Fsp3) is 0.647. The fourth-order valence-electron chi connectivity index (χ4n) is 2.85. The van der Waals surface area contributed by atoms with Crippen molar-refractivity contribution in [2.75, 3.05) is 7.05 Å². The average Bonchev–Trinajstić information content (AvgIpc) is 2.64. The van der Waals surface area contributed by atoms with Crippen LogP contribution in [0.2, 0.25) is 0 Å². The number of hydrogen-bond acceptors (Lipinski definition) is 2. The van der Waals surface area contributed by atoms with Gasteiger partial charge >= 0.3 is 0 Å². The third-order valence-corrected chi connectivity index (χ3v) is 4.16. The van der Waals surface area contributed by atoms with Gasteiger partial charge in [-0.3, -0.25) is 0 Å². The standard InChI is InChI=1S/C17H27NO/c1-13(2)14-9-11-15(12-10-14)19-17-8-6-4-5-7-16(17)18-3/h9-13,16-18H,4-8H2,1-3H3. The van der Waals surface area contributed by atoms with E-state index < -0.39 is 0 Å². The summed E-state index contributed by atoms with van der Waals surface area (Å²) in [6.45, 7) is 4.44. The lowest BCUT2D eigenvalue weighted by atomic mass is 10.0. The summed E-state index contributed by atoms with van der Waals surface area (Å²) >= 11 is 0. The highest BCUT2D eigenvalue weighted by Crippen LogP contribution is 2.24. The Kier molecular flexibility index (Phi) is 5.26. The van der Waals surface area contributed by atoms with Gasteiger partial charge in [-0.1, -0.05) is 38.8 Å². The van der Waals surface area contributed by atoms with Crippen molar-refractivity contribution in [1.82, 2.24) is 5.32 Å². The molecule has 2 heteroatoms. The van der Waals surface area contributed by atoms with E-state index in [-0.39, 0.29) is 0 Å². The smallest absolute Gasteiger partial charge is 0.119 e. The van der Waals surface area contributed by atoms with Gasteiger partial charge in [-0.2, -0.15) is 0 Å². The highest BCUT2D eigenvalue weighted by atomic mass is 16.5. The van der Waals surface area contributed by atoms with E-state index in [2.05, 4.69) is 43.4 Å². The molecule has 0 heterocycles. The molecule has 1 aromatic rings. The van der Waals surface area contributed by atoms with Gasteiger partial charge in [0.2, 0.25) is 0 Å². The maximum Gasteiger partial charge on any atom is 0.119 e. The maximum atomic E-state index is 6.21. The molecule has 0 spiro atoms. The van der Waals surface area contributed by atoms with Gasteiger partial charge in [0.25, 0.3) is 0 Å². The van der Waals surface area contributed by atoms with E-state index in [0.29, 0.717) is 18.1 Å². The van der Waals surface area contributed by atoms with Crippen LogP contribution in [0.1, 0.15) is 57.4 Å². The molecule has 1 aliphatic rings. The Morgan fingerprint density at radius 2 is 1.74 bits per heavy atom. The van der Waals surface area contributed by atoms with Crippen molar-refractivity contribution >= 4 is 0 Å². The van der Waals surface area contributed by atoms with Crippen LogP contribution in [-0.4, -0.2) is 19.2 Å². The van der Waals surface area contributed by atoms with E-state index in [4.69, 9.17) is 4.74 Å². The van der Waals surface area contributed by atoms with Crippen molar-refractivity contribution in [3.05, 3.63) is 29.8 Å². The highest BCUT2D eigenvalue weighted by molar-refractivity contribution is 5.29. The molecule has 0 bridgehead atoms. The molecular formula is C17H27NO. The first-order chi connectivity index (χ1) is 9.20. The summed E-state index contributed by atoms with van der Waals surface area (Å²) in [6.07, 6.45) is 6.65. The van der Waals surface area contributed by atoms with E-state index in [1.54, 1.807) is 0 Å². The Balaban J connectivity index is 2.01. The van der Waals surface area contributed by atoms with E-state index in [9.17, 15) is 0 Å². The van der Waals surface area contributed by atoms with Gasteiger partial charge < -0.3 is 10.1 Å². The second-order valence-corrected chi connectivity index (χ2v) is 5.91. The van der Waals surface area contributed by atoms with Crippen molar-refractivity contribution in [2.45, 2.75) is 64.0 Å². The number of ether oxygens (including phenoxy) is 1. The van der Waals surface area contributed by atoms with Gasteiger partial charge in [-0.05, 0) is 49.9 Å². The summed E-state index contributed by atoms with van der Waals surface area (Å²) in [5, 5.41) is 3.42. The lowest BCUT2D eigenvalue weighted by molar-refractivity contribution is 0.149. The number of likely N-dealkylation sites (N-methyl/N-ethyl adjacent to an activating group) is 1.